The maximum atomic E-state index is 14.2. The number of rotatable bonds is 2. The van der Waals surface area contributed by atoms with Gasteiger partial charge in [0.05, 0.1) is 16.3 Å². The number of hydrogen-bond acceptors (Lipinski definition) is 9. The van der Waals surface area contributed by atoms with Crippen LogP contribution in [0.5, 0.6) is 5.75 Å². The van der Waals surface area contributed by atoms with Crippen molar-refractivity contribution in [2.75, 3.05) is 25.9 Å². The summed E-state index contributed by atoms with van der Waals surface area (Å²) < 4.78 is 50.7. The van der Waals surface area contributed by atoms with Gasteiger partial charge in [-0.1, -0.05) is 11.6 Å². The van der Waals surface area contributed by atoms with Crippen molar-refractivity contribution in [3.05, 3.63) is 51.4 Å². The molecule has 0 spiro atoms. The van der Waals surface area contributed by atoms with Gasteiger partial charge in [-0.15, -0.1) is 16.4 Å². The summed E-state index contributed by atoms with van der Waals surface area (Å²) in [5.41, 5.74) is 5.54. The molecule has 41 heavy (non-hydrogen) atoms. The summed E-state index contributed by atoms with van der Waals surface area (Å²) in [7, 11) is 1.67. The SMILES string of the molecule is Cc1cc(N)nc(-c2c(Cl)c3c(c4sccc24)CN2CC(N(C)C(=O)n4cnc(C#N)n4)CC2CO3)c1C(F)(F)F. The molecule has 2 aliphatic rings. The molecular formula is C26H22ClF3N8O2S. The molecule has 2 aliphatic heterocycles. The highest BCUT2D eigenvalue weighted by Crippen LogP contribution is 2.51. The molecule has 0 aliphatic carbocycles. The van der Waals surface area contributed by atoms with Crippen LogP contribution in [0.1, 0.15) is 28.9 Å². The number of ether oxygens (including phenoxy) is 1. The molecule has 10 nitrogen and oxygen atoms in total. The Morgan fingerprint density at radius 2 is 2.17 bits per heavy atom. The van der Waals surface area contributed by atoms with Gasteiger partial charge in [0, 0.05) is 53.4 Å². The number of hydrogen-bond donors (Lipinski definition) is 1. The normalized spacial score (nSPS) is 18.9. The molecule has 15 heteroatoms. The lowest BCUT2D eigenvalue weighted by Gasteiger charge is -2.25. The molecule has 1 fully saturated rings. The van der Waals surface area contributed by atoms with Crippen molar-refractivity contribution in [1.29, 1.82) is 5.26 Å². The van der Waals surface area contributed by atoms with Crippen LogP contribution < -0.4 is 10.5 Å². The number of likely N-dealkylation sites (N-methyl/N-ethyl adjacent to an activating group) is 1. The van der Waals surface area contributed by atoms with Crippen molar-refractivity contribution >= 4 is 44.9 Å². The van der Waals surface area contributed by atoms with Gasteiger partial charge in [0.1, 0.15) is 30.6 Å². The predicted molar refractivity (Wildman–Crippen MR) is 146 cm³/mol. The van der Waals surface area contributed by atoms with Crippen LogP contribution >= 0.6 is 22.9 Å². The van der Waals surface area contributed by atoms with E-state index in [1.54, 1.807) is 29.5 Å². The first kappa shape index (κ1) is 27.3. The third-order valence-corrected chi connectivity index (χ3v) is 8.92. The van der Waals surface area contributed by atoms with Crippen LogP contribution in [0.2, 0.25) is 5.02 Å². The number of anilines is 1. The number of amides is 1. The van der Waals surface area contributed by atoms with E-state index in [4.69, 9.17) is 27.3 Å². The molecule has 1 saturated heterocycles. The van der Waals surface area contributed by atoms with Gasteiger partial charge in [0.2, 0.25) is 0 Å². The smallest absolute Gasteiger partial charge is 0.418 e. The Bertz CT molecular complexity index is 1750. The lowest BCUT2D eigenvalue weighted by Crippen LogP contribution is -2.41. The number of nitriles is 1. The van der Waals surface area contributed by atoms with Gasteiger partial charge in [-0.2, -0.15) is 23.1 Å². The van der Waals surface area contributed by atoms with Crippen molar-refractivity contribution in [2.24, 2.45) is 0 Å². The largest absolute Gasteiger partial charge is 0.490 e. The molecule has 2 N–H and O–H groups in total. The Hall–Kier alpha value is -3.93. The minimum atomic E-state index is -4.68. The van der Waals surface area contributed by atoms with E-state index in [1.165, 1.54) is 30.7 Å². The Balaban J connectivity index is 1.37. The number of alkyl halides is 3. The number of benzene rings is 1. The summed E-state index contributed by atoms with van der Waals surface area (Å²) in [5.74, 6) is 0.189. The third-order valence-electron chi connectivity index (χ3n) is 7.58. The van der Waals surface area contributed by atoms with Crippen LogP contribution in [0.15, 0.2) is 23.8 Å². The number of fused-ring (bicyclic) bond motifs is 4. The highest BCUT2D eigenvalue weighted by molar-refractivity contribution is 7.17. The molecule has 0 bridgehead atoms. The van der Waals surface area contributed by atoms with Crippen molar-refractivity contribution < 1.29 is 22.7 Å². The van der Waals surface area contributed by atoms with E-state index in [1.807, 2.05) is 0 Å². The van der Waals surface area contributed by atoms with Crippen LogP contribution in [0.3, 0.4) is 0 Å². The standard InChI is InChI=1S/C26H22ClF3N8O2S/c1-12-5-17(32)34-22(20(12)26(28,29)30)19-15-3-4-41-24(15)16-9-37-8-13(6-14(37)10-40-23(16)21(19)27)36(2)25(39)38-11-33-18(7-31)35-38/h3-5,11,13-14H,6,8-10H2,1-2H3,(H2,32,34). The number of aromatic nitrogens is 4. The number of aryl methyl sites for hydroxylation is 1. The summed E-state index contributed by atoms with van der Waals surface area (Å²) in [4.78, 5) is 24.6. The lowest BCUT2D eigenvalue weighted by molar-refractivity contribution is -0.137. The average molecular weight is 603 g/mol. The van der Waals surface area contributed by atoms with Crippen LogP contribution in [0.25, 0.3) is 21.3 Å². The minimum Gasteiger partial charge on any atom is -0.490 e. The molecule has 0 saturated carbocycles. The number of halogens is 4. The maximum absolute atomic E-state index is 14.2. The molecule has 6 rings (SSSR count). The molecule has 2 unspecified atom stereocenters. The molecule has 5 heterocycles. The first-order valence-corrected chi connectivity index (χ1v) is 13.8. The van der Waals surface area contributed by atoms with Gasteiger partial charge in [0.15, 0.2) is 0 Å². The van der Waals surface area contributed by atoms with Crippen molar-refractivity contribution in [1.82, 2.24) is 29.5 Å². The van der Waals surface area contributed by atoms with Gasteiger partial charge in [0.25, 0.3) is 5.82 Å². The lowest BCUT2D eigenvalue weighted by atomic mass is 9.96. The van der Waals surface area contributed by atoms with Crippen molar-refractivity contribution in [3.8, 4) is 23.1 Å². The van der Waals surface area contributed by atoms with E-state index < -0.39 is 17.8 Å². The average Bonchev–Trinajstić information content (AvgIpc) is 3.64. The summed E-state index contributed by atoms with van der Waals surface area (Å²) in [6.07, 6.45) is -2.89. The Labute approximate surface area is 240 Å². The second-order valence-electron chi connectivity index (χ2n) is 10.0. The number of nitrogens with zero attached hydrogens (tertiary/aromatic N) is 7. The number of thiophene rings is 1. The number of pyridine rings is 1. The summed E-state index contributed by atoms with van der Waals surface area (Å²) >= 11 is 8.26. The second kappa shape index (κ2) is 9.86. The minimum absolute atomic E-state index is 0.0408. The molecule has 3 aromatic heterocycles. The monoisotopic (exact) mass is 602 g/mol. The summed E-state index contributed by atoms with van der Waals surface area (Å²) in [5, 5.41) is 15.2. The van der Waals surface area contributed by atoms with Crippen LogP contribution in [-0.2, 0) is 12.7 Å². The first-order valence-electron chi connectivity index (χ1n) is 12.5. The zero-order valence-corrected chi connectivity index (χ0v) is 23.3. The zero-order chi connectivity index (χ0) is 29.2. The Kier molecular flexibility index (Phi) is 6.55. The topological polar surface area (TPSA) is 126 Å². The van der Waals surface area contributed by atoms with E-state index in [0.29, 0.717) is 30.6 Å². The highest BCUT2D eigenvalue weighted by Gasteiger charge is 2.41. The van der Waals surface area contributed by atoms with Crippen molar-refractivity contribution in [2.45, 2.75) is 38.1 Å². The summed E-state index contributed by atoms with van der Waals surface area (Å²) in [6, 6.07) is 4.06. The third kappa shape index (κ3) is 4.54. The van der Waals surface area contributed by atoms with Gasteiger partial charge in [-0.05, 0) is 36.4 Å². The molecule has 1 aromatic carbocycles. The molecular weight excluding hydrogens is 581 g/mol. The fourth-order valence-corrected chi connectivity index (χ4v) is 6.98. The molecule has 1 amide bonds. The number of carbonyl (C=O) groups excluding carboxylic acids is 1. The molecule has 212 valence electrons. The van der Waals surface area contributed by atoms with Crippen LogP contribution in [0, 0.1) is 18.3 Å². The Morgan fingerprint density at radius 1 is 1.39 bits per heavy atom. The van der Waals surface area contributed by atoms with E-state index in [9.17, 15) is 18.0 Å². The van der Waals surface area contributed by atoms with E-state index in [-0.39, 0.29) is 52.2 Å². The number of carbonyl (C=O) groups is 1. The molecule has 0 radical (unpaired) electrons. The van der Waals surface area contributed by atoms with E-state index in [2.05, 4.69) is 20.0 Å². The van der Waals surface area contributed by atoms with E-state index >= 15 is 0 Å². The van der Waals surface area contributed by atoms with Gasteiger partial charge in [-0.25, -0.2) is 14.8 Å². The van der Waals surface area contributed by atoms with Gasteiger partial charge < -0.3 is 15.4 Å². The fraction of sp³-hybridized carbons (Fsp3) is 0.346. The van der Waals surface area contributed by atoms with Gasteiger partial charge >= 0.3 is 12.2 Å². The van der Waals surface area contributed by atoms with Crippen LogP contribution in [0.4, 0.5) is 23.8 Å². The molecule has 4 aromatic rings. The zero-order valence-electron chi connectivity index (χ0n) is 21.7. The van der Waals surface area contributed by atoms with Crippen LogP contribution in [-0.4, -0.2) is 67.9 Å². The first-order chi connectivity index (χ1) is 19.5. The molecule has 2 atom stereocenters. The Morgan fingerprint density at radius 3 is 2.88 bits per heavy atom. The van der Waals surface area contributed by atoms with Gasteiger partial charge in [-0.3, -0.25) is 4.90 Å². The maximum Gasteiger partial charge on any atom is 0.418 e. The second-order valence-corrected chi connectivity index (χ2v) is 11.3. The number of nitrogen functional groups attached to an aromatic ring is 1. The predicted octanol–water partition coefficient (Wildman–Crippen LogP) is 4.92. The van der Waals surface area contributed by atoms with E-state index in [0.717, 1.165) is 14.9 Å². The number of nitrogens with two attached hydrogens (primary N) is 1. The fourth-order valence-electron chi connectivity index (χ4n) is 5.68. The quantitative estimate of drug-likeness (QED) is 0.342. The van der Waals surface area contributed by atoms with Crippen molar-refractivity contribution in [3.63, 3.8) is 0 Å². The highest BCUT2D eigenvalue weighted by atomic mass is 35.5. The summed E-state index contributed by atoms with van der Waals surface area (Å²) in [6.45, 7) is 2.52.